The number of hydrogen-bond acceptors (Lipinski definition) is 6. The number of amides is 1. The lowest BCUT2D eigenvalue weighted by Crippen LogP contribution is -2.44. The summed E-state index contributed by atoms with van der Waals surface area (Å²) in [5, 5.41) is 0. The number of nitrogens with two attached hydrogens (primary N) is 1. The molecular formula is C19H24BrFN4O5. The third kappa shape index (κ3) is 5.70. The van der Waals surface area contributed by atoms with E-state index in [-0.39, 0.29) is 37.0 Å². The average molecular weight is 487 g/mol. The molecule has 164 valence electrons. The average Bonchev–Trinajstić information content (AvgIpc) is 2.69. The number of hydrogen-bond donors (Lipinski definition) is 2. The third-order valence-corrected chi connectivity index (χ3v) is 4.78. The number of nitrogen functional groups attached to an aromatic ring is 1. The monoisotopic (exact) mass is 486 g/mol. The van der Waals surface area contributed by atoms with E-state index >= 15 is 0 Å². The lowest BCUT2D eigenvalue weighted by Gasteiger charge is -2.24. The van der Waals surface area contributed by atoms with Crippen molar-refractivity contribution in [2.45, 2.75) is 26.3 Å². The van der Waals surface area contributed by atoms with Crippen LogP contribution in [0.25, 0.3) is 0 Å². The molecule has 0 atom stereocenters. The van der Waals surface area contributed by atoms with Crippen LogP contribution in [-0.4, -0.2) is 42.3 Å². The molecule has 0 saturated carbocycles. The van der Waals surface area contributed by atoms with Gasteiger partial charge in [-0.05, 0) is 24.6 Å². The van der Waals surface area contributed by atoms with Gasteiger partial charge >= 0.3 is 5.69 Å². The SMILES string of the molecule is CCCCn1c(N)c(N(CCOC)C(=O)COc2ccc(Br)cc2F)c(=O)[nH]c1=O. The largest absolute Gasteiger partial charge is 0.481 e. The molecule has 9 nitrogen and oxygen atoms in total. The van der Waals surface area contributed by atoms with Gasteiger partial charge in [0, 0.05) is 24.7 Å². The number of rotatable bonds is 10. The van der Waals surface area contributed by atoms with Crippen LogP contribution < -0.4 is 26.6 Å². The standard InChI is InChI=1S/C19H24BrFN4O5/c1-3-4-7-25-17(22)16(18(27)23-19(25)28)24(8-9-29-2)15(26)11-30-14-6-5-12(20)10-13(14)21/h5-6,10H,3-4,7-9,11,22H2,1-2H3,(H,23,27,28). The second kappa shape index (κ2) is 10.9. The fourth-order valence-electron chi connectivity index (χ4n) is 2.73. The van der Waals surface area contributed by atoms with Gasteiger partial charge in [0.05, 0.1) is 6.61 Å². The molecule has 0 bridgehead atoms. The van der Waals surface area contributed by atoms with Crippen molar-refractivity contribution >= 4 is 33.3 Å². The molecule has 1 aromatic carbocycles. The molecule has 3 N–H and O–H groups in total. The Morgan fingerprint density at radius 3 is 2.73 bits per heavy atom. The number of ether oxygens (including phenoxy) is 2. The van der Waals surface area contributed by atoms with E-state index in [0.29, 0.717) is 10.9 Å². The van der Waals surface area contributed by atoms with E-state index in [1.807, 2.05) is 6.92 Å². The van der Waals surface area contributed by atoms with Crippen molar-refractivity contribution in [3.8, 4) is 5.75 Å². The minimum atomic E-state index is -0.801. The molecule has 0 spiro atoms. The summed E-state index contributed by atoms with van der Waals surface area (Å²) in [5.74, 6) is -1.54. The smallest absolute Gasteiger partial charge is 0.330 e. The van der Waals surface area contributed by atoms with Gasteiger partial charge in [0.1, 0.15) is 5.82 Å². The Morgan fingerprint density at radius 2 is 2.10 bits per heavy atom. The molecule has 0 radical (unpaired) electrons. The number of carbonyl (C=O) groups is 1. The van der Waals surface area contributed by atoms with E-state index in [1.165, 1.54) is 23.8 Å². The molecule has 2 rings (SSSR count). The van der Waals surface area contributed by atoms with Gasteiger partial charge in [0.25, 0.3) is 11.5 Å². The van der Waals surface area contributed by atoms with Gasteiger partial charge in [-0.25, -0.2) is 9.18 Å². The van der Waals surface area contributed by atoms with Gasteiger partial charge in [-0.3, -0.25) is 24.0 Å². The Kier molecular flexibility index (Phi) is 8.60. The first-order chi connectivity index (χ1) is 14.3. The van der Waals surface area contributed by atoms with Crippen molar-refractivity contribution < 1.29 is 18.7 Å². The molecule has 1 aromatic heterocycles. The quantitative estimate of drug-likeness (QED) is 0.528. The molecule has 0 aliphatic heterocycles. The van der Waals surface area contributed by atoms with E-state index < -0.39 is 29.6 Å². The minimum Gasteiger partial charge on any atom is -0.481 e. The van der Waals surface area contributed by atoms with E-state index in [9.17, 15) is 18.8 Å². The summed E-state index contributed by atoms with van der Waals surface area (Å²) in [6.07, 6.45) is 1.47. The fourth-order valence-corrected chi connectivity index (χ4v) is 3.06. The zero-order valence-electron chi connectivity index (χ0n) is 16.7. The Morgan fingerprint density at radius 1 is 1.37 bits per heavy atom. The Hall–Kier alpha value is -2.66. The van der Waals surface area contributed by atoms with Crippen LogP contribution in [0, 0.1) is 5.82 Å². The number of unbranched alkanes of at least 4 members (excludes halogenated alkanes) is 1. The molecule has 1 heterocycles. The summed E-state index contributed by atoms with van der Waals surface area (Å²) in [6, 6.07) is 4.14. The summed E-state index contributed by atoms with van der Waals surface area (Å²) in [7, 11) is 1.44. The van der Waals surface area contributed by atoms with Gasteiger partial charge in [-0.15, -0.1) is 0 Å². The van der Waals surface area contributed by atoms with E-state index in [0.717, 1.165) is 11.3 Å². The Bertz CT molecular complexity index is 1010. The molecule has 11 heteroatoms. The van der Waals surface area contributed by atoms with E-state index in [4.69, 9.17) is 15.2 Å². The molecule has 0 unspecified atom stereocenters. The van der Waals surface area contributed by atoms with Crippen molar-refractivity contribution in [2.75, 3.05) is 37.5 Å². The first-order valence-electron chi connectivity index (χ1n) is 9.29. The number of halogens is 2. The predicted molar refractivity (Wildman–Crippen MR) is 114 cm³/mol. The highest BCUT2D eigenvalue weighted by molar-refractivity contribution is 9.10. The first kappa shape index (κ1) is 23.6. The second-order valence-corrected chi connectivity index (χ2v) is 7.32. The van der Waals surface area contributed by atoms with Gasteiger partial charge in [-0.1, -0.05) is 29.3 Å². The molecular weight excluding hydrogens is 463 g/mol. The zero-order valence-corrected chi connectivity index (χ0v) is 18.3. The highest BCUT2D eigenvalue weighted by atomic mass is 79.9. The lowest BCUT2D eigenvalue weighted by molar-refractivity contribution is -0.120. The van der Waals surface area contributed by atoms with Crippen LogP contribution in [0.1, 0.15) is 19.8 Å². The second-order valence-electron chi connectivity index (χ2n) is 6.40. The van der Waals surface area contributed by atoms with Crippen molar-refractivity contribution in [1.82, 2.24) is 9.55 Å². The number of methoxy groups -OCH3 is 1. The number of H-pyrrole nitrogens is 1. The number of anilines is 2. The summed E-state index contributed by atoms with van der Waals surface area (Å²) < 4.78 is 26.0. The summed E-state index contributed by atoms with van der Waals surface area (Å²) in [5.41, 5.74) is 4.46. The van der Waals surface area contributed by atoms with Gasteiger partial charge in [0.2, 0.25) is 0 Å². The van der Waals surface area contributed by atoms with Crippen LogP contribution in [0.5, 0.6) is 5.75 Å². The highest BCUT2D eigenvalue weighted by Crippen LogP contribution is 2.22. The van der Waals surface area contributed by atoms with Gasteiger partial charge in [0.15, 0.2) is 23.9 Å². The van der Waals surface area contributed by atoms with Crippen LogP contribution in [-0.2, 0) is 16.1 Å². The molecule has 30 heavy (non-hydrogen) atoms. The minimum absolute atomic E-state index is 0.0131. The maximum Gasteiger partial charge on any atom is 0.330 e. The number of aromatic amines is 1. The first-order valence-corrected chi connectivity index (χ1v) is 10.1. The van der Waals surface area contributed by atoms with Crippen LogP contribution in [0.4, 0.5) is 15.9 Å². The summed E-state index contributed by atoms with van der Waals surface area (Å²) in [6.45, 7) is 1.78. The maximum absolute atomic E-state index is 14.0. The number of nitrogens with zero attached hydrogens (tertiary/aromatic N) is 2. The topological polar surface area (TPSA) is 120 Å². The maximum atomic E-state index is 14.0. The van der Waals surface area contributed by atoms with Crippen LogP contribution in [0.15, 0.2) is 32.3 Å². The summed E-state index contributed by atoms with van der Waals surface area (Å²) >= 11 is 3.14. The molecule has 0 aliphatic rings. The van der Waals surface area contributed by atoms with E-state index in [2.05, 4.69) is 20.9 Å². The number of carbonyl (C=O) groups excluding carboxylic acids is 1. The molecule has 0 aliphatic carbocycles. The molecule has 0 fully saturated rings. The van der Waals surface area contributed by atoms with Gasteiger partial charge in [-0.2, -0.15) is 0 Å². The zero-order chi connectivity index (χ0) is 22.3. The van der Waals surface area contributed by atoms with Gasteiger partial charge < -0.3 is 15.2 Å². The number of benzene rings is 1. The lowest BCUT2D eigenvalue weighted by atomic mass is 10.3. The summed E-state index contributed by atoms with van der Waals surface area (Å²) in [4.78, 5) is 40.7. The van der Waals surface area contributed by atoms with Crippen molar-refractivity contribution in [3.63, 3.8) is 0 Å². The predicted octanol–water partition coefficient (Wildman–Crippen LogP) is 1.88. The van der Waals surface area contributed by atoms with Crippen molar-refractivity contribution in [1.29, 1.82) is 0 Å². The van der Waals surface area contributed by atoms with Crippen molar-refractivity contribution in [3.05, 3.63) is 49.3 Å². The fraction of sp³-hybridized carbons (Fsp3) is 0.421. The van der Waals surface area contributed by atoms with Crippen molar-refractivity contribution in [2.24, 2.45) is 0 Å². The highest BCUT2D eigenvalue weighted by Gasteiger charge is 2.24. The van der Waals surface area contributed by atoms with E-state index in [1.54, 1.807) is 6.07 Å². The Balaban J connectivity index is 2.35. The normalized spacial score (nSPS) is 10.8. The van der Waals surface area contributed by atoms with Crippen LogP contribution in [0.3, 0.4) is 0 Å². The molecule has 2 aromatic rings. The number of aromatic nitrogens is 2. The van der Waals surface area contributed by atoms with Crippen LogP contribution >= 0.6 is 15.9 Å². The Labute approximate surface area is 180 Å². The molecule has 1 amide bonds. The third-order valence-electron chi connectivity index (χ3n) is 4.28. The molecule has 0 saturated heterocycles. The number of nitrogens with one attached hydrogen (secondary N) is 1. The van der Waals surface area contributed by atoms with Crippen LogP contribution in [0.2, 0.25) is 0 Å².